The molecular formula is C34H33NO3S. The van der Waals surface area contributed by atoms with Gasteiger partial charge in [0.05, 0.1) is 12.2 Å². The maximum absolute atomic E-state index is 12.3. The first-order valence-corrected chi connectivity index (χ1v) is 13.9. The Hall–Kier alpha value is -3.76. The van der Waals surface area contributed by atoms with Gasteiger partial charge in [-0.25, -0.2) is 4.79 Å². The lowest BCUT2D eigenvalue weighted by Crippen LogP contribution is -2.41. The number of fused-ring (bicyclic) bond motifs is 1. The van der Waals surface area contributed by atoms with Gasteiger partial charge in [0.1, 0.15) is 11.1 Å². The highest BCUT2D eigenvalue weighted by atomic mass is 32.1. The fraction of sp³-hybridized carbons (Fsp3) is 0.265. The van der Waals surface area contributed by atoms with E-state index < -0.39 is 5.97 Å². The first-order chi connectivity index (χ1) is 19.0. The summed E-state index contributed by atoms with van der Waals surface area (Å²) < 4.78 is 6.09. The van der Waals surface area contributed by atoms with Crippen LogP contribution in [-0.2, 0) is 11.3 Å². The molecule has 1 aliphatic heterocycles. The van der Waals surface area contributed by atoms with Crippen molar-refractivity contribution in [2.24, 2.45) is 5.92 Å². The number of hydrogen-bond donors (Lipinski definition) is 1. The molecule has 0 radical (unpaired) electrons. The van der Waals surface area contributed by atoms with Crippen molar-refractivity contribution >= 4 is 35.3 Å². The average molecular weight is 536 g/mol. The molecule has 2 aromatic carbocycles. The van der Waals surface area contributed by atoms with E-state index in [2.05, 4.69) is 41.5 Å². The molecule has 1 unspecified atom stereocenters. The van der Waals surface area contributed by atoms with Crippen molar-refractivity contribution in [3.05, 3.63) is 123 Å². The van der Waals surface area contributed by atoms with Gasteiger partial charge in [-0.05, 0) is 89.6 Å². The van der Waals surface area contributed by atoms with Gasteiger partial charge in [0.2, 0.25) is 0 Å². The van der Waals surface area contributed by atoms with Crippen LogP contribution in [0.25, 0.3) is 12.2 Å². The van der Waals surface area contributed by atoms with Crippen LogP contribution in [0.3, 0.4) is 0 Å². The molecule has 5 heteroatoms. The molecule has 39 heavy (non-hydrogen) atoms. The maximum Gasteiger partial charge on any atom is 0.336 e. The van der Waals surface area contributed by atoms with Gasteiger partial charge in [-0.15, -0.1) is 5.73 Å². The summed E-state index contributed by atoms with van der Waals surface area (Å²) in [6.07, 6.45) is 18.2. The van der Waals surface area contributed by atoms with Gasteiger partial charge >= 0.3 is 5.97 Å². The molecule has 3 aliphatic rings. The molecule has 2 aliphatic carbocycles. The third kappa shape index (κ3) is 6.63. The highest BCUT2D eigenvalue weighted by Gasteiger charge is 2.23. The van der Waals surface area contributed by atoms with Crippen LogP contribution in [0.1, 0.15) is 47.2 Å². The number of hydrogen-bond acceptors (Lipinski definition) is 3. The van der Waals surface area contributed by atoms with E-state index >= 15 is 0 Å². The molecule has 0 spiro atoms. The molecule has 0 amide bonds. The zero-order chi connectivity index (χ0) is 27.2. The van der Waals surface area contributed by atoms with E-state index in [0.717, 1.165) is 60.7 Å². The number of nitrogens with zero attached hydrogens (tertiary/aromatic N) is 1. The third-order valence-corrected chi connectivity index (χ3v) is 7.95. The van der Waals surface area contributed by atoms with Crippen molar-refractivity contribution in [3.63, 3.8) is 0 Å². The summed E-state index contributed by atoms with van der Waals surface area (Å²) in [5.41, 5.74) is 7.38. The van der Waals surface area contributed by atoms with Crippen LogP contribution in [0.4, 0.5) is 0 Å². The Kier molecular flexibility index (Phi) is 8.53. The second kappa shape index (κ2) is 12.4. The van der Waals surface area contributed by atoms with E-state index in [1.54, 1.807) is 6.07 Å². The van der Waals surface area contributed by atoms with E-state index in [1.165, 1.54) is 5.57 Å². The van der Waals surface area contributed by atoms with Gasteiger partial charge in [0, 0.05) is 18.7 Å². The van der Waals surface area contributed by atoms with Gasteiger partial charge in [0.15, 0.2) is 0 Å². The maximum atomic E-state index is 12.3. The molecule has 198 valence electrons. The lowest BCUT2D eigenvalue weighted by atomic mass is 9.92. The smallest absolute Gasteiger partial charge is 0.336 e. The molecule has 0 aromatic heterocycles. The zero-order valence-corrected chi connectivity index (χ0v) is 22.8. The van der Waals surface area contributed by atoms with E-state index in [4.69, 9.17) is 17.0 Å². The number of likely N-dealkylation sites (tertiary alicyclic amines) is 1. The van der Waals surface area contributed by atoms with Crippen LogP contribution in [0.5, 0.6) is 0 Å². The molecule has 1 saturated heterocycles. The second-order valence-electron chi connectivity index (χ2n) is 10.2. The Morgan fingerprint density at radius 3 is 2.77 bits per heavy atom. The van der Waals surface area contributed by atoms with E-state index in [9.17, 15) is 9.90 Å². The molecular weight excluding hydrogens is 502 g/mol. The number of rotatable bonds is 6. The Bertz CT molecular complexity index is 1520. The number of carboxylic acids is 1. The predicted octanol–water partition coefficient (Wildman–Crippen LogP) is 5.48. The number of benzene rings is 2. The first-order valence-electron chi connectivity index (χ1n) is 13.5. The molecule has 0 bridgehead atoms. The Morgan fingerprint density at radius 2 is 2.00 bits per heavy atom. The molecule has 2 aromatic rings. The van der Waals surface area contributed by atoms with Gasteiger partial charge < -0.3 is 14.7 Å². The number of allylic oxidation sites excluding steroid dienone is 5. The summed E-state index contributed by atoms with van der Waals surface area (Å²) in [7, 11) is 0. The largest absolute Gasteiger partial charge is 0.478 e. The summed E-state index contributed by atoms with van der Waals surface area (Å²) in [6.45, 7) is 6.33. The number of ether oxygens (including phenoxy) is 1. The standard InChI is InChI=1S/C34H33NO3S/c1-24-18-28-20-29(21-31(34(36)37)30(28)22-32(24)38-23-27-12-8-5-9-13-27)33(39)35-16-14-26(15-17-35)19-25-10-6-3-2-4-7-11-25/h3-6,8-10,12-13,18-22,26,32H,1,7,11,14-17,23H2,(H,36,37)/b10-6-,25-19+. The SMILES string of the molecule is C=C1C=c2cc(C(=S)N3CCC(/C=C4\C=C/C=C=CCC4)CC3)cc(C(=O)O)c2=CC1OCc1ccccc1. The Morgan fingerprint density at radius 1 is 1.21 bits per heavy atom. The van der Waals surface area contributed by atoms with Gasteiger partial charge in [0.25, 0.3) is 0 Å². The summed E-state index contributed by atoms with van der Waals surface area (Å²) in [5, 5.41) is 11.5. The third-order valence-electron chi connectivity index (χ3n) is 7.46. The van der Waals surface area contributed by atoms with Crippen molar-refractivity contribution in [2.75, 3.05) is 13.1 Å². The summed E-state index contributed by atoms with van der Waals surface area (Å²) >= 11 is 5.89. The topological polar surface area (TPSA) is 49.8 Å². The number of piperidine rings is 1. The quantitative estimate of drug-likeness (QED) is 0.392. The fourth-order valence-electron chi connectivity index (χ4n) is 5.33. The van der Waals surface area contributed by atoms with Gasteiger partial charge in [-0.1, -0.05) is 72.9 Å². The highest BCUT2D eigenvalue weighted by Crippen LogP contribution is 2.24. The number of carboxylic acid groups (broad SMARTS) is 1. The molecule has 4 nitrogen and oxygen atoms in total. The molecule has 0 saturated carbocycles. The Balaban J connectivity index is 1.31. The van der Waals surface area contributed by atoms with Crippen molar-refractivity contribution in [1.29, 1.82) is 0 Å². The monoisotopic (exact) mass is 535 g/mol. The Labute approximate surface area is 235 Å². The average Bonchev–Trinajstić information content (AvgIpc) is 2.93. The van der Waals surface area contributed by atoms with Crippen LogP contribution < -0.4 is 10.4 Å². The zero-order valence-electron chi connectivity index (χ0n) is 22.0. The summed E-state index contributed by atoms with van der Waals surface area (Å²) in [6, 6.07) is 13.6. The lowest BCUT2D eigenvalue weighted by molar-refractivity contribution is 0.0695. The molecule has 1 N–H and O–H groups in total. The van der Waals surface area contributed by atoms with Crippen LogP contribution in [-0.4, -0.2) is 40.2 Å². The van der Waals surface area contributed by atoms with Gasteiger partial charge in [-0.2, -0.15) is 0 Å². The normalized spacial score (nSPS) is 20.9. The molecule has 1 fully saturated rings. The minimum absolute atomic E-state index is 0.237. The number of carbonyl (C=O) groups is 1. The van der Waals surface area contributed by atoms with E-state index in [0.29, 0.717) is 22.7 Å². The molecule has 1 heterocycles. The number of aromatic carboxylic acids is 1. The minimum atomic E-state index is -0.975. The number of thiocarbonyl (C=S) groups is 1. The van der Waals surface area contributed by atoms with Crippen molar-refractivity contribution < 1.29 is 14.6 Å². The van der Waals surface area contributed by atoms with E-state index in [1.807, 2.05) is 54.6 Å². The molecule has 5 rings (SSSR count). The summed E-state index contributed by atoms with van der Waals surface area (Å²) in [4.78, 5) is 15.2. The highest BCUT2D eigenvalue weighted by molar-refractivity contribution is 7.80. The van der Waals surface area contributed by atoms with Crippen LogP contribution in [0.2, 0.25) is 0 Å². The van der Waals surface area contributed by atoms with Crippen LogP contribution >= 0.6 is 12.2 Å². The van der Waals surface area contributed by atoms with Crippen molar-refractivity contribution in [3.8, 4) is 0 Å². The first kappa shape index (κ1) is 26.8. The fourth-order valence-corrected chi connectivity index (χ4v) is 5.63. The lowest BCUT2D eigenvalue weighted by Gasteiger charge is -2.33. The molecule has 1 atom stereocenters. The van der Waals surface area contributed by atoms with Gasteiger partial charge in [-0.3, -0.25) is 0 Å². The van der Waals surface area contributed by atoms with Crippen LogP contribution in [0, 0.1) is 5.92 Å². The second-order valence-corrected chi connectivity index (χ2v) is 10.6. The van der Waals surface area contributed by atoms with Crippen molar-refractivity contribution in [2.45, 2.75) is 38.4 Å². The minimum Gasteiger partial charge on any atom is -0.478 e. The predicted molar refractivity (Wildman–Crippen MR) is 161 cm³/mol. The summed E-state index contributed by atoms with van der Waals surface area (Å²) in [5.74, 6) is -0.453. The van der Waals surface area contributed by atoms with E-state index in [-0.39, 0.29) is 11.7 Å². The van der Waals surface area contributed by atoms with Crippen molar-refractivity contribution in [1.82, 2.24) is 4.90 Å². The van der Waals surface area contributed by atoms with Crippen LogP contribution in [0.15, 0.2) is 96.3 Å².